The Labute approximate surface area is 126 Å². The fraction of sp³-hybridized carbons (Fsp3) is 0. The number of hydrogen-bond acceptors (Lipinski definition) is 8. The number of hydrogen-bond donors (Lipinski definition) is 4. The van der Waals surface area contributed by atoms with Crippen LogP contribution in [-0.4, -0.2) is 70.6 Å². The van der Waals surface area contributed by atoms with Crippen molar-refractivity contribution < 1.29 is 38.5 Å². The molecule has 10 nitrogen and oxygen atoms in total. The fourth-order valence-corrected chi connectivity index (χ4v) is 0. The summed E-state index contributed by atoms with van der Waals surface area (Å²) in [5.74, 6) is 0. The van der Waals surface area contributed by atoms with Gasteiger partial charge in [-0.2, -0.15) is 7.82 Å². The maximum Gasteiger partial charge on any atom is 2.00 e. The van der Waals surface area contributed by atoms with Crippen molar-refractivity contribution in [1.82, 2.24) is 12.3 Å². The minimum absolute atomic E-state index is 0. The topological polar surface area (TPSA) is 237 Å². The summed E-state index contributed by atoms with van der Waals surface area (Å²) in [4.78, 5) is 48.6. The van der Waals surface area contributed by atoms with Crippen molar-refractivity contribution in [2.75, 3.05) is 0 Å². The van der Waals surface area contributed by atoms with Gasteiger partial charge in [-0.25, -0.2) is 0 Å². The van der Waals surface area contributed by atoms with E-state index in [4.69, 9.17) is 38.5 Å². The molecule has 0 spiro atoms. The van der Waals surface area contributed by atoms with Crippen molar-refractivity contribution >= 4 is 76.4 Å². The Balaban J connectivity index is -0.0000000178. The van der Waals surface area contributed by atoms with Gasteiger partial charge >= 0.3 is 60.8 Å². The van der Waals surface area contributed by atoms with E-state index in [1.165, 1.54) is 0 Å². The van der Waals surface area contributed by atoms with Crippen molar-refractivity contribution in [2.45, 2.75) is 0 Å². The monoisotopic (exact) mass is 290 g/mol. The first-order valence-corrected chi connectivity index (χ1v) is 4.49. The summed E-state index contributed by atoms with van der Waals surface area (Å²) >= 11 is 0. The summed E-state index contributed by atoms with van der Waals surface area (Å²) in [6.07, 6.45) is 0. The molecule has 0 saturated carbocycles. The first-order chi connectivity index (χ1) is 4.00. The molecule has 0 aliphatic heterocycles. The van der Waals surface area contributed by atoms with E-state index < -0.39 is 15.6 Å². The van der Waals surface area contributed by atoms with Crippen molar-refractivity contribution in [2.24, 2.45) is 0 Å². The molecule has 0 fully saturated rings. The van der Waals surface area contributed by atoms with Gasteiger partial charge in [-0.15, -0.1) is 0 Å². The van der Waals surface area contributed by atoms with Gasteiger partial charge in [0.2, 0.25) is 0 Å². The first-order valence-electron chi connectivity index (χ1n) is 1.50. The van der Waals surface area contributed by atoms with E-state index in [0.717, 1.165) is 0 Å². The van der Waals surface area contributed by atoms with E-state index >= 15 is 0 Å². The predicted molar refractivity (Wildman–Crippen MR) is 41.2 cm³/mol. The molecule has 0 unspecified atom stereocenters. The van der Waals surface area contributed by atoms with Gasteiger partial charge in [0.05, 0.1) is 0 Å². The SMILES string of the molecule is N.N.O=P([O-])(O)O.O=P([O-])([O-])[O-].[Ca+2].[Mg+2]. The van der Waals surface area contributed by atoms with Gasteiger partial charge in [0.15, 0.2) is 0 Å². The van der Waals surface area contributed by atoms with E-state index in [9.17, 15) is 0 Å². The van der Waals surface area contributed by atoms with Crippen LogP contribution in [0.3, 0.4) is 0 Å². The van der Waals surface area contributed by atoms with Crippen LogP contribution in [0.25, 0.3) is 0 Å². The zero-order valence-electron chi connectivity index (χ0n) is 7.07. The van der Waals surface area contributed by atoms with Gasteiger partial charge in [0.1, 0.15) is 0 Å². The summed E-state index contributed by atoms with van der Waals surface area (Å²) in [5, 5.41) is 0. The molecule has 0 saturated heterocycles. The summed E-state index contributed by atoms with van der Waals surface area (Å²) in [6.45, 7) is 0. The minimum Gasteiger partial charge on any atom is -0.822 e. The predicted octanol–water partition coefficient (Wildman–Crippen LogP) is -4.82. The zero-order chi connectivity index (χ0) is 9.00. The van der Waals surface area contributed by atoms with Crippen LogP contribution in [0.15, 0.2) is 0 Å². The minimum atomic E-state index is -5.39. The van der Waals surface area contributed by atoms with E-state index in [1.54, 1.807) is 0 Å². The van der Waals surface area contributed by atoms with Crippen LogP contribution in [-0.2, 0) is 9.13 Å². The summed E-state index contributed by atoms with van der Waals surface area (Å²) in [7, 11) is -10.3. The van der Waals surface area contributed by atoms with Crippen LogP contribution in [0.5, 0.6) is 0 Å². The standard InChI is InChI=1S/Ca.Mg.2H3N.2H3O4P/c;;;;2*1-5(2,3)4/h;;2*1H3;2*(H3,1,2,3,4)/q2*+2;;;;/p-4. The van der Waals surface area contributed by atoms with Gasteiger partial charge in [0.25, 0.3) is 7.82 Å². The number of phosphoric acid groups is 2. The first kappa shape index (κ1) is 36.0. The average molecular weight is 290 g/mol. The molecular weight excluding hydrogens is 282 g/mol. The van der Waals surface area contributed by atoms with Crippen molar-refractivity contribution in [3.05, 3.63) is 0 Å². The second-order valence-corrected chi connectivity index (χ2v) is 2.81. The molecule has 0 aliphatic carbocycles. The molecule has 0 amide bonds. The van der Waals surface area contributed by atoms with Gasteiger partial charge in [0, 0.05) is 0 Å². The normalized spacial score (nSPS) is 8.43. The van der Waals surface area contributed by atoms with Crippen LogP contribution >= 0.6 is 15.6 Å². The molecule has 8 N–H and O–H groups in total. The third-order valence-corrected chi connectivity index (χ3v) is 0. The van der Waals surface area contributed by atoms with Gasteiger partial charge in [-0.05, 0) is 0 Å². The molecular formula is H8CaMgN2O8P2. The third kappa shape index (κ3) is 523. The van der Waals surface area contributed by atoms with Crippen molar-refractivity contribution in [3.8, 4) is 0 Å². The summed E-state index contributed by atoms with van der Waals surface area (Å²) in [5.41, 5.74) is 0. The molecule has 0 aromatic heterocycles. The molecule has 0 heterocycles. The molecule has 14 heavy (non-hydrogen) atoms. The summed E-state index contributed by atoms with van der Waals surface area (Å²) < 4.78 is 17.3. The van der Waals surface area contributed by atoms with Crippen molar-refractivity contribution in [1.29, 1.82) is 0 Å². The molecule has 80 valence electrons. The van der Waals surface area contributed by atoms with Gasteiger partial charge in [-0.1, -0.05) is 0 Å². The Morgan fingerprint density at radius 1 is 0.857 bits per heavy atom. The Kier molecular flexibility index (Phi) is 39.0. The van der Waals surface area contributed by atoms with E-state index in [1.807, 2.05) is 0 Å². The Hall–Kier alpha value is 2.17. The number of rotatable bonds is 0. The van der Waals surface area contributed by atoms with Crippen LogP contribution < -0.4 is 31.9 Å². The molecule has 0 bridgehead atoms. The van der Waals surface area contributed by atoms with E-state index in [0.29, 0.717) is 0 Å². The third-order valence-electron chi connectivity index (χ3n) is 0. The molecule has 0 atom stereocenters. The maximum atomic E-state index is 8.77. The smallest absolute Gasteiger partial charge is 0.822 e. The zero-order valence-corrected chi connectivity index (χ0v) is 12.5. The van der Waals surface area contributed by atoms with E-state index in [-0.39, 0.29) is 73.1 Å². The molecule has 0 aliphatic rings. The van der Waals surface area contributed by atoms with E-state index in [2.05, 4.69) is 0 Å². The average Bonchev–Trinajstić information content (AvgIpc) is 1.12. The van der Waals surface area contributed by atoms with Crippen LogP contribution in [0.2, 0.25) is 0 Å². The maximum absolute atomic E-state index is 8.77. The van der Waals surface area contributed by atoms with Crippen LogP contribution in [0, 0.1) is 0 Å². The fourth-order valence-electron chi connectivity index (χ4n) is 0. The second kappa shape index (κ2) is 15.2. The second-order valence-electron chi connectivity index (χ2n) is 0.938. The Morgan fingerprint density at radius 3 is 0.857 bits per heavy atom. The van der Waals surface area contributed by atoms with Gasteiger partial charge in [-0.3, -0.25) is 4.57 Å². The molecule has 14 heteroatoms. The molecule has 0 aromatic rings. The quantitative estimate of drug-likeness (QED) is 0.245. The van der Waals surface area contributed by atoms with Crippen LogP contribution in [0.1, 0.15) is 0 Å². The Morgan fingerprint density at radius 2 is 0.857 bits per heavy atom. The molecule has 0 aromatic carbocycles. The largest absolute Gasteiger partial charge is 2.00 e. The molecule has 0 rings (SSSR count). The summed E-state index contributed by atoms with van der Waals surface area (Å²) in [6, 6.07) is 0. The molecule has 0 radical (unpaired) electrons. The van der Waals surface area contributed by atoms with Crippen LogP contribution in [0.4, 0.5) is 0 Å². The van der Waals surface area contributed by atoms with Gasteiger partial charge < -0.3 is 46.2 Å². The van der Waals surface area contributed by atoms with Crippen molar-refractivity contribution in [3.63, 3.8) is 0 Å². The Bertz CT molecular complexity index is 138.